The van der Waals surface area contributed by atoms with Crippen molar-refractivity contribution in [2.75, 3.05) is 7.11 Å². The summed E-state index contributed by atoms with van der Waals surface area (Å²) in [6.07, 6.45) is 0. The first-order chi connectivity index (χ1) is 14.1. The molecule has 0 saturated carbocycles. The van der Waals surface area contributed by atoms with Crippen molar-refractivity contribution in [2.45, 2.75) is 52.4 Å². The van der Waals surface area contributed by atoms with Gasteiger partial charge in [-0.15, -0.1) is 0 Å². The van der Waals surface area contributed by atoms with Crippen LogP contribution in [-0.2, 0) is 10.8 Å². The second-order valence-electron chi connectivity index (χ2n) is 10.1. The zero-order valence-electron chi connectivity index (χ0n) is 19.1. The van der Waals surface area contributed by atoms with Gasteiger partial charge >= 0.3 is 0 Å². The highest BCUT2D eigenvalue weighted by Crippen LogP contribution is 2.41. The molecule has 0 N–H and O–H groups in total. The lowest BCUT2D eigenvalue weighted by Crippen LogP contribution is -2.24. The van der Waals surface area contributed by atoms with Crippen LogP contribution < -0.4 is 10.0 Å². The molecule has 0 aliphatic heterocycles. The largest absolute Gasteiger partial charge is 0.496 e. The van der Waals surface area contributed by atoms with Gasteiger partial charge in [-0.2, -0.15) is 0 Å². The van der Waals surface area contributed by atoms with Crippen molar-refractivity contribution in [3.63, 3.8) is 0 Å². The minimum atomic E-state index is 0.0229. The number of methoxy groups -OCH3 is 1. The smallest absolute Gasteiger partial charge is 0.131 e. The highest BCUT2D eigenvalue weighted by atomic mass is 31.1. The molecule has 154 valence electrons. The fourth-order valence-electron chi connectivity index (χ4n) is 4.11. The Balaban J connectivity index is 2.03. The molecule has 3 aromatic carbocycles. The number of rotatable bonds is 2. The van der Waals surface area contributed by atoms with E-state index in [1.165, 1.54) is 52.2 Å². The summed E-state index contributed by atoms with van der Waals surface area (Å²) in [4.78, 5) is 0. The molecule has 0 atom stereocenters. The Labute approximate surface area is 182 Å². The van der Waals surface area contributed by atoms with Gasteiger partial charge < -0.3 is 4.74 Å². The Hall–Kier alpha value is -2.37. The van der Waals surface area contributed by atoms with Crippen molar-refractivity contribution in [2.24, 2.45) is 0 Å². The van der Waals surface area contributed by atoms with Gasteiger partial charge in [0.15, 0.2) is 0 Å². The molecule has 1 aliphatic rings. The molecule has 0 amide bonds. The monoisotopic (exact) mass is 414 g/mol. The van der Waals surface area contributed by atoms with Gasteiger partial charge in [-0.25, -0.2) is 0 Å². The minimum Gasteiger partial charge on any atom is -0.496 e. The molecule has 4 rings (SSSR count). The zero-order chi connectivity index (χ0) is 21.7. The molecular weight excluding hydrogens is 383 g/mol. The summed E-state index contributed by atoms with van der Waals surface area (Å²) >= 11 is 0. The Kier molecular flexibility index (Phi) is 5.15. The summed E-state index contributed by atoms with van der Waals surface area (Å²) in [7, 11) is 3.00. The van der Waals surface area contributed by atoms with E-state index in [1.54, 1.807) is 7.11 Å². The molecule has 0 bridgehead atoms. The number of hydrogen-bond acceptors (Lipinski definition) is 1. The molecule has 1 nitrogen and oxygen atoms in total. The molecule has 1 aliphatic carbocycles. The van der Waals surface area contributed by atoms with E-state index in [4.69, 9.17) is 4.74 Å². The van der Waals surface area contributed by atoms with E-state index in [9.17, 15) is 0 Å². The number of ether oxygens (including phenoxy) is 1. The molecule has 3 aromatic rings. The van der Waals surface area contributed by atoms with Crippen molar-refractivity contribution in [3.05, 3.63) is 82.9 Å². The lowest BCUT2D eigenvalue weighted by molar-refractivity contribution is 0.414. The van der Waals surface area contributed by atoms with Gasteiger partial charge in [-0.1, -0.05) is 104 Å². The van der Waals surface area contributed by atoms with Crippen molar-refractivity contribution in [1.29, 1.82) is 0 Å². The third kappa shape index (κ3) is 3.61. The third-order valence-electron chi connectivity index (χ3n) is 5.85. The maximum atomic E-state index is 5.98. The van der Waals surface area contributed by atoms with Crippen molar-refractivity contribution in [3.8, 4) is 16.9 Å². The SMILES string of the molecule is COc1cc(C(C)(C)C)cc(C(C)(C)C)c1P=C1c2ccccc2-c2ccccc21. The van der Waals surface area contributed by atoms with E-state index >= 15 is 0 Å². The minimum absolute atomic E-state index is 0.0229. The Morgan fingerprint density at radius 2 is 1.17 bits per heavy atom. The highest BCUT2D eigenvalue weighted by molar-refractivity contribution is 7.51. The maximum Gasteiger partial charge on any atom is 0.131 e. The van der Waals surface area contributed by atoms with Crippen LogP contribution in [0.2, 0.25) is 0 Å². The molecule has 0 aromatic heterocycles. The number of hydrogen-bond donors (Lipinski definition) is 0. The van der Waals surface area contributed by atoms with Crippen LogP contribution in [-0.4, -0.2) is 12.4 Å². The molecule has 0 fully saturated rings. The van der Waals surface area contributed by atoms with Gasteiger partial charge in [-0.05, 0) is 50.3 Å². The van der Waals surface area contributed by atoms with E-state index in [0.717, 1.165) is 5.75 Å². The molecular formula is C28H31OP. The highest BCUT2D eigenvalue weighted by Gasteiger charge is 2.28. The number of fused-ring (bicyclic) bond motifs is 3. The van der Waals surface area contributed by atoms with Gasteiger partial charge in [0.25, 0.3) is 0 Å². The van der Waals surface area contributed by atoms with Crippen LogP contribution in [0, 0.1) is 0 Å². The van der Waals surface area contributed by atoms with E-state index < -0.39 is 0 Å². The molecule has 0 radical (unpaired) electrons. The molecule has 2 heteroatoms. The molecule has 30 heavy (non-hydrogen) atoms. The van der Waals surface area contributed by atoms with E-state index in [-0.39, 0.29) is 10.8 Å². The van der Waals surface area contributed by atoms with Crippen LogP contribution >= 0.6 is 8.20 Å². The fraction of sp³-hybridized carbons (Fsp3) is 0.321. The summed E-state index contributed by atoms with van der Waals surface area (Å²) in [5.41, 5.74) is 8.11. The van der Waals surface area contributed by atoms with E-state index in [1.807, 2.05) is 0 Å². The van der Waals surface area contributed by atoms with Gasteiger partial charge in [0, 0.05) is 10.6 Å². The Morgan fingerprint density at radius 3 is 1.60 bits per heavy atom. The van der Waals surface area contributed by atoms with Crippen LogP contribution in [0.15, 0.2) is 60.7 Å². The summed E-state index contributed by atoms with van der Waals surface area (Å²) in [5, 5.41) is 2.65. The van der Waals surface area contributed by atoms with Crippen molar-refractivity contribution in [1.82, 2.24) is 0 Å². The average molecular weight is 415 g/mol. The molecule has 0 heterocycles. The predicted molar refractivity (Wildman–Crippen MR) is 132 cm³/mol. The quantitative estimate of drug-likeness (QED) is 0.318. The van der Waals surface area contributed by atoms with Crippen molar-refractivity contribution >= 4 is 18.8 Å². The average Bonchev–Trinajstić information content (AvgIpc) is 3.00. The Morgan fingerprint density at radius 1 is 0.667 bits per heavy atom. The first kappa shape index (κ1) is 20.9. The summed E-state index contributed by atoms with van der Waals surface area (Å²) < 4.78 is 5.98. The van der Waals surface area contributed by atoms with Gasteiger partial charge in [0.2, 0.25) is 0 Å². The van der Waals surface area contributed by atoms with Gasteiger partial charge in [0.05, 0.1) is 7.11 Å². The van der Waals surface area contributed by atoms with Crippen LogP contribution in [0.1, 0.15) is 63.8 Å². The molecule has 0 unspecified atom stereocenters. The first-order valence-electron chi connectivity index (χ1n) is 10.6. The summed E-state index contributed by atoms with van der Waals surface area (Å²) in [5.74, 6) is 0.989. The zero-order valence-corrected chi connectivity index (χ0v) is 20.0. The second kappa shape index (κ2) is 7.40. The van der Waals surface area contributed by atoms with Crippen LogP contribution in [0.4, 0.5) is 0 Å². The Bertz CT molecular complexity index is 1090. The van der Waals surface area contributed by atoms with Crippen LogP contribution in [0.3, 0.4) is 0 Å². The summed E-state index contributed by atoms with van der Waals surface area (Å²) in [6, 6.07) is 22.2. The molecule has 0 spiro atoms. The lowest BCUT2D eigenvalue weighted by Gasteiger charge is -2.28. The van der Waals surface area contributed by atoms with E-state index in [2.05, 4.69) is 102 Å². The first-order valence-corrected chi connectivity index (χ1v) is 11.5. The predicted octanol–water partition coefficient (Wildman–Crippen LogP) is 7.11. The fourth-order valence-corrected chi connectivity index (χ4v) is 5.75. The van der Waals surface area contributed by atoms with Crippen molar-refractivity contribution < 1.29 is 4.74 Å². The van der Waals surface area contributed by atoms with E-state index in [0.29, 0.717) is 0 Å². The third-order valence-corrected chi connectivity index (χ3v) is 7.24. The number of benzene rings is 3. The topological polar surface area (TPSA) is 9.23 Å². The second-order valence-corrected chi connectivity index (χ2v) is 11.2. The standard InChI is InChI=1S/C28H31OP/c1-27(2,3)18-16-23(28(4,5)6)26(24(17-18)29-7)30-25-21-14-10-8-12-19(21)20-13-9-11-15-22(20)25/h8-17H,1-7H3. The van der Waals surface area contributed by atoms with Crippen LogP contribution in [0.25, 0.3) is 11.1 Å². The summed E-state index contributed by atoms with van der Waals surface area (Å²) in [6.45, 7) is 13.7. The lowest BCUT2D eigenvalue weighted by atomic mass is 9.80. The molecule has 0 saturated heterocycles. The van der Waals surface area contributed by atoms with Crippen LogP contribution in [0.5, 0.6) is 5.75 Å². The van der Waals surface area contributed by atoms with Gasteiger partial charge in [-0.3, -0.25) is 0 Å². The normalized spacial score (nSPS) is 13.4. The van der Waals surface area contributed by atoms with Gasteiger partial charge in [0.1, 0.15) is 5.75 Å². The maximum absolute atomic E-state index is 5.98.